The van der Waals surface area contributed by atoms with Crippen molar-refractivity contribution in [3.8, 4) is 0 Å². The fraction of sp³-hybridized carbons (Fsp3) is 0.467. The van der Waals surface area contributed by atoms with E-state index >= 15 is 0 Å². The van der Waals surface area contributed by atoms with E-state index in [1.54, 1.807) is 5.57 Å². The first-order valence-electron chi connectivity index (χ1n) is 6.41. The van der Waals surface area contributed by atoms with E-state index < -0.39 is 0 Å². The van der Waals surface area contributed by atoms with E-state index in [4.69, 9.17) is 0 Å². The van der Waals surface area contributed by atoms with Crippen molar-refractivity contribution < 1.29 is 0 Å². The molecule has 0 atom stereocenters. The Morgan fingerprint density at radius 1 is 1.00 bits per heavy atom. The summed E-state index contributed by atoms with van der Waals surface area (Å²) >= 11 is 0. The van der Waals surface area contributed by atoms with Gasteiger partial charge in [0.15, 0.2) is 0 Å². The number of hydrogen-bond acceptors (Lipinski definition) is 1. The summed E-state index contributed by atoms with van der Waals surface area (Å²) in [4.78, 5) is 2.60. The Morgan fingerprint density at radius 3 is 2.69 bits per heavy atom. The third-order valence-corrected chi connectivity index (χ3v) is 3.76. The molecule has 0 N–H and O–H groups in total. The predicted molar refractivity (Wildman–Crippen MR) is 68.4 cm³/mol. The summed E-state index contributed by atoms with van der Waals surface area (Å²) in [6.45, 7) is 3.81. The molecule has 84 valence electrons. The van der Waals surface area contributed by atoms with Crippen LogP contribution in [0.5, 0.6) is 0 Å². The molecule has 1 aromatic carbocycles. The van der Waals surface area contributed by atoms with E-state index in [9.17, 15) is 0 Å². The number of fused-ring (bicyclic) bond motifs is 1. The van der Waals surface area contributed by atoms with E-state index in [1.807, 2.05) is 0 Å². The maximum Gasteiger partial charge on any atom is 0.0196 e. The van der Waals surface area contributed by atoms with Crippen molar-refractivity contribution in [1.82, 2.24) is 4.90 Å². The molecule has 0 amide bonds. The van der Waals surface area contributed by atoms with Gasteiger partial charge in [0.05, 0.1) is 0 Å². The molecule has 1 aromatic rings. The molecule has 1 fully saturated rings. The van der Waals surface area contributed by atoms with Crippen molar-refractivity contribution in [2.75, 3.05) is 19.6 Å². The van der Waals surface area contributed by atoms with Gasteiger partial charge in [-0.1, -0.05) is 35.9 Å². The monoisotopic (exact) mass is 213 g/mol. The van der Waals surface area contributed by atoms with E-state index in [-0.39, 0.29) is 0 Å². The first-order chi connectivity index (χ1) is 7.92. The molecule has 1 aliphatic carbocycles. The fourth-order valence-electron chi connectivity index (χ4n) is 2.84. The zero-order valence-electron chi connectivity index (χ0n) is 9.78. The third-order valence-electron chi connectivity index (χ3n) is 3.76. The largest absolute Gasteiger partial charge is 0.299 e. The Morgan fingerprint density at radius 2 is 1.81 bits per heavy atom. The summed E-state index contributed by atoms with van der Waals surface area (Å²) < 4.78 is 0. The standard InChI is InChI=1S/C15H19N/c1-2-6-15-11-13(7-8-14(15)5-1)12-16-9-3-4-10-16/h1-2,5-6,11H,3-4,7-10,12H2. The molecule has 1 aliphatic heterocycles. The van der Waals surface area contributed by atoms with Gasteiger partial charge in [-0.15, -0.1) is 0 Å². The van der Waals surface area contributed by atoms with Crippen molar-refractivity contribution in [1.29, 1.82) is 0 Å². The molecule has 0 bridgehead atoms. The molecule has 0 radical (unpaired) electrons. The van der Waals surface area contributed by atoms with Crippen LogP contribution in [-0.4, -0.2) is 24.5 Å². The van der Waals surface area contributed by atoms with E-state index in [2.05, 4.69) is 35.2 Å². The van der Waals surface area contributed by atoms with Gasteiger partial charge in [-0.25, -0.2) is 0 Å². The van der Waals surface area contributed by atoms with Gasteiger partial charge in [-0.2, -0.15) is 0 Å². The van der Waals surface area contributed by atoms with E-state index in [1.165, 1.54) is 56.4 Å². The molecular formula is C15H19N. The van der Waals surface area contributed by atoms with Gasteiger partial charge in [0, 0.05) is 6.54 Å². The molecule has 0 spiro atoms. The van der Waals surface area contributed by atoms with Crippen molar-refractivity contribution in [2.24, 2.45) is 0 Å². The number of benzene rings is 1. The zero-order chi connectivity index (χ0) is 10.8. The molecule has 1 nitrogen and oxygen atoms in total. The topological polar surface area (TPSA) is 3.24 Å². The minimum Gasteiger partial charge on any atom is -0.299 e. The van der Waals surface area contributed by atoms with Crippen molar-refractivity contribution in [3.05, 3.63) is 41.0 Å². The molecule has 1 heteroatoms. The van der Waals surface area contributed by atoms with Crippen molar-refractivity contribution >= 4 is 6.08 Å². The second-order valence-corrected chi connectivity index (χ2v) is 4.98. The Balaban J connectivity index is 1.75. The smallest absolute Gasteiger partial charge is 0.0196 e. The number of hydrogen-bond donors (Lipinski definition) is 0. The molecule has 1 heterocycles. The van der Waals surface area contributed by atoms with Crippen LogP contribution in [-0.2, 0) is 6.42 Å². The molecule has 16 heavy (non-hydrogen) atoms. The molecule has 3 rings (SSSR count). The van der Waals surface area contributed by atoms with Crippen LogP contribution in [0.25, 0.3) is 6.08 Å². The second-order valence-electron chi connectivity index (χ2n) is 4.98. The normalized spacial score (nSPS) is 20.6. The molecular weight excluding hydrogens is 194 g/mol. The average Bonchev–Trinajstić information content (AvgIpc) is 2.82. The Hall–Kier alpha value is -1.08. The molecule has 2 aliphatic rings. The summed E-state index contributed by atoms with van der Waals surface area (Å²) in [5.41, 5.74) is 4.59. The maximum atomic E-state index is 2.60. The quantitative estimate of drug-likeness (QED) is 0.729. The first-order valence-corrected chi connectivity index (χ1v) is 6.41. The molecule has 1 saturated heterocycles. The van der Waals surface area contributed by atoms with Crippen molar-refractivity contribution in [3.63, 3.8) is 0 Å². The molecule has 0 aromatic heterocycles. The summed E-state index contributed by atoms with van der Waals surface area (Å²) in [7, 11) is 0. The number of aryl methyl sites for hydroxylation is 1. The minimum absolute atomic E-state index is 1.20. The van der Waals surface area contributed by atoms with Gasteiger partial charge >= 0.3 is 0 Å². The van der Waals surface area contributed by atoms with Crippen LogP contribution in [0, 0.1) is 0 Å². The van der Waals surface area contributed by atoms with Crippen LogP contribution in [0.15, 0.2) is 29.8 Å². The number of likely N-dealkylation sites (tertiary alicyclic amines) is 1. The van der Waals surface area contributed by atoms with Gasteiger partial charge < -0.3 is 0 Å². The van der Waals surface area contributed by atoms with Crippen LogP contribution in [0.1, 0.15) is 30.4 Å². The SMILES string of the molecule is C1=C(CN2CCCC2)CCc2ccccc21. The summed E-state index contributed by atoms with van der Waals surface area (Å²) in [5.74, 6) is 0. The lowest BCUT2D eigenvalue weighted by atomic mass is 9.92. The minimum atomic E-state index is 1.20. The van der Waals surface area contributed by atoms with Crippen molar-refractivity contribution in [2.45, 2.75) is 25.7 Å². The van der Waals surface area contributed by atoms with Crippen LogP contribution >= 0.6 is 0 Å². The highest BCUT2D eigenvalue weighted by Crippen LogP contribution is 2.24. The van der Waals surface area contributed by atoms with Gasteiger partial charge in [0.25, 0.3) is 0 Å². The Bertz CT molecular complexity index is 400. The first kappa shape index (κ1) is 10.1. The zero-order valence-corrected chi connectivity index (χ0v) is 9.78. The van der Waals surface area contributed by atoms with E-state index in [0.717, 1.165) is 0 Å². The molecule has 0 saturated carbocycles. The highest BCUT2D eigenvalue weighted by Gasteiger charge is 2.15. The van der Waals surface area contributed by atoms with Gasteiger partial charge in [-0.05, 0) is 49.9 Å². The lowest BCUT2D eigenvalue weighted by Gasteiger charge is -2.21. The predicted octanol–water partition coefficient (Wildman–Crippen LogP) is 3.11. The van der Waals surface area contributed by atoms with Crippen LogP contribution in [0.2, 0.25) is 0 Å². The second kappa shape index (κ2) is 4.42. The summed E-state index contributed by atoms with van der Waals surface area (Å²) in [5, 5.41) is 0. The average molecular weight is 213 g/mol. The van der Waals surface area contributed by atoms with Crippen LogP contribution in [0.4, 0.5) is 0 Å². The highest BCUT2D eigenvalue weighted by molar-refractivity contribution is 5.59. The van der Waals surface area contributed by atoms with Crippen LogP contribution < -0.4 is 0 Å². The number of rotatable bonds is 2. The highest BCUT2D eigenvalue weighted by atomic mass is 15.1. The maximum absolute atomic E-state index is 2.60. The summed E-state index contributed by atoms with van der Waals surface area (Å²) in [6.07, 6.45) is 7.69. The summed E-state index contributed by atoms with van der Waals surface area (Å²) in [6, 6.07) is 8.81. The van der Waals surface area contributed by atoms with Crippen LogP contribution in [0.3, 0.4) is 0 Å². The van der Waals surface area contributed by atoms with Gasteiger partial charge in [0.1, 0.15) is 0 Å². The lowest BCUT2D eigenvalue weighted by molar-refractivity contribution is 0.365. The van der Waals surface area contributed by atoms with Gasteiger partial charge in [-0.3, -0.25) is 4.90 Å². The van der Waals surface area contributed by atoms with Gasteiger partial charge in [0.2, 0.25) is 0 Å². The third kappa shape index (κ3) is 2.05. The molecule has 0 unspecified atom stereocenters. The van der Waals surface area contributed by atoms with E-state index in [0.29, 0.717) is 0 Å². The Kier molecular flexibility index (Phi) is 2.79. The fourth-order valence-corrected chi connectivity index (χ4v) is 2.84. The Labute approximate surface area is 97.8 Å². The lowest BCUT2D eigenvalue weighted by Crippen LogP contribution is -2.22. The number of nitrogens with zero attached hydrogens (tertiary/aromatic N) is 1.